The third-order valence-corrected chi connectivity index (χ3v) is 10.9. The first-order chi connectivity index (χ1) is 23.1. The van der Waals surface area contributed by atoms with Gasteiger partial charge in [-0.2, -0.15) is 0 Å². The first-order valence-corrected chi connectivity index (χ1v) is 18.0. The Hall–Kier alpha value is -4.65. The summed E-state index contributed by atoms with van der Waals surface area (Å²) >= 11 is 0. The van der Waals surface area contributed by atoms with Crippen LogP contribution in [0.3, 0.4) is 0 Å². The third kappa shape index (κ3) is 7.22. The second-order valence-electron chi connectivity index (χ2n) is 14.3. The van der Waals surface area contributed by atoms with Crippen LogP contribution < -0.4 is 19.7 Å². The molecule has 1 aliphatic heterocycles. The molecule has 0 spiro atoms. The Morgan fingerprint density at radius 2 is 1.78 bits per heavy atom. The van der Waals surface area contributed by atoms with Gasteiger partial charge in [0.15, 0.2) is 0 Å². The molecule has 2 aliphatic carbocycles. The highest BCUT2D eigenvalue weighted by Crippen LogP contribution is 2.45. The number of anilines is 1. The number of amides is 3. The lowest BCUT2D eigenvalue weighted by molar-refractivity contribution is -0.131. The van der Waals surface area contributed by atoms with Gasteiger partial charge < -0.3 is 19.7 Å². The molecule has 3 fully saturated rings. The van der Waals surface area contributed by atoms with Gasteiger partial charge in [-0.25, -0.2) is 18.2 Å². The van der Waals surface area contributed by atoms with Gasteiger partial charge in [0.05, 0.1) is 17.5 Å². The summed E-state index contributed by atoms with van der Waals surface area (Å²) in [7, 11) is 0.0972. The molecule has 3 amide bonds. The van der Waals surface area contributed by atoms with Crippen LogP contribution in [0.25, 0.3) is 22.0 Å². The number of carbonyl (C=O) groups excluding carboxylic acids is 3. The van der Waals surface area contributed by atoms with E-state index in [-0.39, 0.29) is 19.4 Å². The quantitative estimate of drug-likeness (QED) is 0.296. The zero-order valence-corrected chi connectivity index (χ0v) is 29.2. The standard InChI is InChI=1S/C36H43N5O7S/c1-7-24-20-36(24,33(43)39-49(45,46)27-16-17-27)38-31(42)30-19-26(21-41(30)34(44)48-35(2,3)4)47-32-28-11-9-8-10-23(28)18-29(37-32)22-12-14-25(15-13-22)40(5)6/h7-15,18,24,26-27,30H,1,16-17,19-21H2,2-6H3,(H,38,42)(H,39,43). The molecule has 3 aliphatic rings. The summed E-state index contributed by atoms with van der Waals surface area (Å²) in [6, 6.07) is 16.6. The first kappa shape index (κ1) is 34.2. The lowest BCUT2D eigenvalue weighted by Crippen LogP contribution is -2.56. The fourth-order valence-corrected chi connectivity index (χ4v) is 7.53. The molecule has 260 valence electrons. The minimum atomic E-state index is -3.85. The van der Waals surface area contributed by atoms with Crippen molar-refractivity contribution in [2.75, 3.05) is 25.5 Å². The highest BCUT2D eigenvalue weighted by molar-refractivity contribution is 7.91. The molecule has 1 saturated heterocycles. The molecule has 2 aromatic carbocycles. The molecule has 13 heteroatoms. The Morgan fingerprint density at radius 3 is 2.39 bits per heavy atom. The molecular formula is C36H43N5O7S. The van der Waals surface area contributed by atoms with Crippen LogP contribution >= 0.6 is 0 Å². The average Bonchev–Trinajstić information content (AvgIpc) is 3.97. The molecular weight excluding hydrogens is 646 g/mol. The van der Waals surface area contributed by atoms with Gasteiger partial charge in [0, 0.05) is 43.1 Å². The Morgan fingerprint density at radius 1 is 1.08 bits per heavy atom. The molecule has 1 aromatic heterocycles. The number of sulfonamides is 1. The van der Waals surface area contributed by atoms with Crippen molar-refractivity contribution in [1.82, 2.24) is 19.9 Å². The second kappa shape index (κ2) is 12.7. The van der Waals surface area contributed by atoms with E-state index in [1.165, 1.54) is 11.0 Å². The van der Waals surface area contributed by atoms with Gasteiger partial charge in [-0.1, -0.05) is 36.4 Å². The number of nitrogens with one attached hydrogen (secondary N) is 2. The van der Waals surface area contributed by atoms with Crippen molar-refractivity contribution < 1.29 is 32.3 Å². The summed E-state index contributed by atoms with van der Waals surface area (Å²) in [6.07, 6.45) is 1.39. The molecule has 49 heavy (non-hydrogen) atoms. The summed E-state index contributed by atoms with van der Waals surface area (Å²) in [5.41, 5.74) is 0.317. The van der Waals surface area contributed by atoms with Crippen LogP contribution in [0.15, 0.2) is 67.3 Å². The number of ether oxygens (including phenoxy) is 2. The molecule has 4 atom stereocenters. The largest absolute Gasteiger partial charge is 0.472 e. The van der Waals surface area contributed by atoms with E-state index in [1.54, 1.807) is 20.8 Å². The fraction of sp³-hybridized carbons (Fsp3) is 0.444. The van der Waals surface area contributed by atoms with E-state index in [4.69, 9.17) is 14.5 Å². The van der Waals surface area contributed by atoms with Crippen molar-refractivity contribution in [3.05, 3.63) is 67.3 Å². The van der Waals surface area contributed by atoms with Crippen LogP contribution in [0.5, 0.6) is 5.88 Å². The van der Waals surface area contributed by atoms with Crippen LogP contribution in [0.1, 0.15) is 46.5 Å². The number of rotatable bonds is 10. The number of benzene rings is 2. The number of hydrogen-bond acceptors (Lipinski definition) is 9. The van der Waals surface area contributed by atoms with Crippen molar-refractivity contribution in [2.24, 2.45) is 5.92 Å². The van der Waals surface area contributed by atoms with E-state index >= 15 is 0 Å². The van der Waals surface area contributed by atoms with Crippen molar-refractivity contribution >= 4 is 44.4 Å². The van der Waals surface area contributed by atoms with Gasteiger partial charge in [0.2, 0.25) is 21.8 Å². The minimum Gasteiger partial charge on any atom is -0.472 e. The predicted octanol–water partition coefficient (Wildman–Crippen LogP) is 4.39. The number of likely N-dealkylation sites (tertiary alicyclic amines) is 1. The van der Waals surface area contributed by atoms with Gasteiger partial charge >= 0.3 is 6.09 Å². The summed E-state index contributed by atoms with van der Waals surface area (Å²) in [5.74, 6) is -1.54. The number of hydrogen-bond donors (Lipinski definition) is 2. The molecule has 4 unspecified atom stereocenters. The van der Waals surface area contributed by atoms with Crippen molar-refractivity contribution in [3.8, 4) is 17.1 Å². The summed E-state index contributed by atoms with van der Waals surface area (Å²) in [5, 5.41) is 3.86. The molecule has 2 saturated carbocycles. The Balaban J connectivity index is 1.27. The topological polar surface area (TPSA) is 147 Å². The Kier molecular flexibility index (Phi) is 8.85. The zero-order valence-electron chi connectivity index (χ0n) is 28.4. The molecule has 12 nitrogen and oxygen atoms in total. The maximum atomic E-state index is 14.0. The Bertz CT molecular complexity index is 1900. The van der Waals surface area contributed by atoms with Gasteiger partial charge in [0.1, 0.15) is 23.3 Å². The monoisotopic (exact) mass is 689 g/mol. The normalized spacial score (nSPS) is 23.4. The zero-order chi connectivity index (χ0) is 35.3. The summed E-state index contributed by atoms with van der Waals surface area (Å²) < 4.78 is 39.5. The average molecular weight is 690 g/mol. The number of nitrogens with zero attached hydrogens (tertiary/aromatic N) is 3. The smallest absolute Gasteiger partial charge is 0.411 e. The number of pyridine rings is 1. The summed E-state index contributed by atoms with van der Waals surface area (Å²) in [6.45, 7) is 8.98. The van der Waals surface area contributed by atoms with Crippen molar-refractivity contribution in [2.45, 2.75) is 75.0 Å². The van der Waals surface area contributed by atoms with E-state index in [0.29, 0.717) is 24.4 Å². The first-order valence-electron chi connectivity index (χ1n) is 16.4. The highest BCUT2D eigenvalue weighted by atomic mass is 32.2. The maximum absolute atomic E-state index is 14.0. The third-order valence-electron chi connectivity index (χ3n) is 9.11. The second-order valence-corrected chi connectivity index (χ2v) is 16.2. The minimum absolute atomic E-state index is 0.0188. The molecule has 6 rings (SSSR count). The number of aromatic nitrogens is 1. The van der Waals surface area contributed by atoms with E-state index in [9.17, 15) is 22.8 Å². The van der Waals surface area contributed by atoms with E-state index in [0.717, 1.165) is 22.0 Å². The highest BCUT2D eigenvalue weighted by Gasteiger charge is 2.62. The SMILES string of the molecule is C=CC1CC1(NC(=O)C1CC(Oc2nc(-c3ccc(N(C)C)cc3)cc3ccccc23)CN1C(=O)OC(C)(C)C)C(=O)NS(=O)(=O)C1CC1. The molecule has 2 heterocycles. The van der Waals surface area contributed by atoms with Crippen LogP contribution in [-0.2, 0) is 24.3 Å². The van der Waals surface area contributed by atoms with Gasteiger partial charge in [-0.15, -0.1) is 6.58 Å². The van der Waals surface area contributed by atoms with Crippen LogP contribution in [0.2, 0.25) is 0 Å². The number of carbonyl (C=O) groups is 3. The molecule has 0 bridgehead atoms. The number of fused-ring (bicyclic) bond motifs is 1. The van der Waals surface area contributed by atoms with Gasteiger partial charge in [0.25, 0.3) is 5.91 Å². The van der Waals surface area contributed by atoms with E-state index in [2.05, 4.69) is 16.6 Å². The predicted molar refractivity (Wildman–Crippen MR) is 187 cm³/mol. The van der Waals surface area contributed by atoms with Crippen LogP contribution in [0.4, 0.5) is 10.5 Å². The van der Waals surface area contributed by atoms with Gasteiger partial charge in [-0.3, -0.25) is 19.2 Å². The summed E-state index contributed by atoms with van der Waals surface area (Å²) in [4.78, 5) is 49.0. The van der Waals surface area contributed by atoms with Crippen molar-refractivity contribution in [3.63, 3.8) is 0 Å². The lowest BCUT2D eigenvalue weighted by atomic mass is 10.1. The maximum Gasteiger partial charge on any atom is 0.411 e. The van der Waals surface area contributed by atoms with Gasteiger partial charge in [-0.05, 0) is 69.7 Å². The Labute approximate surface area is 286 Å². The fourth-order valence-electron chi connectivity index (χ4n) is 6.17. The van der Waals surface area contributed by atoms with Crippen LogP contribution in [-0.4, -0.2) is 85.4 Å². The molecule has 3 aromatic rings. The molecule has 2 N–H and O–H groups in total. The molecule has 0 radical (unpaired) electrons. The van der Waals surface area contributed by atoms with Crippen molar-refractivity contribution in [1.29, 1.82) is 0 Å². The van der Waals surface area contributed by atoms with E-state index in [1.807, 2.05) is 73.6 Å². The lowest BCUT2D eigenvalue weighted by Gasteiger charge is -2.29. The van der Waals surface area contributed by atoms with Crippen LogP contribution in [0, 0.1) is 5.92 Å². The van der Waals surface area contributed by atoms with E-state index < -0.39 is 62.4 Å².